The highest BCUT2D eigenvalue weighted by molar-refractivity contribution is 5.96. The molecular formula is C31H25N. The number of fused-ring (bicyclic) bond motifs is 4. The summed E-state index contributed by atoms with van der Waals surface area (Å²) in [6.07, 6.45) is 0. The predicted molar refractivity (Wildman–Crippen MR) is 137 cm³/mol. The maximum Gasteiger partial charge on any atom is 0.0390 e. The first-order valence-electron chi connectivity index (χ1n) is 11.2. The van der Waals surface area contributed by atoms with Crippen molar-refractivity contribution in [2.75, 3.05) is 5.32 Å². The maximum absolute atomic E-state index is 3.61. The Kier molecular flexibility index (Phi) is 4.19. The maximum atomic E-state index is 3.61. The number of anilines is 2. The molecule has 0 fully saturated rings. The molecule has 5 aromatic rings. The SMILES string of the molecule is CC1(C)c2ccccc2-c2cc(Nc3ccc(-c4cccc5ccccc45)cc3)ccc21. The molecule has 0 spiro atoms. The van der Waals surface area contributed by atoms with Crippen LogP contribution in [0.2, 0.25) is 0 Å². The van der Waals surface area contributed by atoms with Gasteiger partial charge in [-0.15, -0.1) is 0 Å². The van der Waals surface area contributed by atoms with Crippen molar-refractivity contribution in [3.05, 3.63) is 120 Å². The van der Waals surface area contributed by atoms with Gasteiger partial charge < -0.3 is 5.32 Å². The molecule has 0 aromatic heterocycles. The molecule has 5 aromatic carbocycles. The van der Waals surface area contributed by atoms with Gasteiger partial charge in [0.2, 0.25) is 0 Å². The lowest BCUT2D eigenvalue weighted by atomic mass is 9.82. The third-order valence-electron chi connectivity index (χ3n) is 6.86. The summed E-state index contributed by atoms with van der Waals surface area (Å²) < 4.78 is 0. The lowest BCUT2D eigenvalue weighted by Gasteiger charge is -2.21. The van der Waals surface area contributed by atoms with E-state index < -0.39 is 0 Å². The van der Waals surface area contributed by atoms with Crippen molar-refractivity contribution in [2.24, 2.45) is 0 Å². The topological polar surface area (TPSA) is 12.0 Å². The van der Waals surface area contributed by atoms with Crippen LogP contribution < -0.4 is 5.32 Å². The predicted octanol–water partition coefficient (Wildman–Crippen LogP) is 8.56. The number of hydrogen-bond donors (Lipinski definition) is 1. The van der Waals surface area contributed by atoms with E-state index in [0.29, 0.717) is 0 Å². The van der Waals surface area contributed by atoms with Crippen LogP contribution in [0.4, 0.5) is 11.4 Å². The Balaban J connectivity index is 1.32. The van der Waals surface area contributed by atoms with Gasteiger partial charge in [0.15, 0.2) is 0 Å². The number of nitrogens with one attached hydrogen (secondary N) is 1. The molecule has 0 amide bonds. The molecule has 1 N–H and O–H groups in total. The van der Waals surface area contributed by atoms with E-state index in [-0.39, 0.29) is 5.41 Å². The monoisotopic (exact) mass is 411 g/mol. The highest BCUT2D eigenvalue weighted by atomic mass is 14.9. The molecule has 1 heteroatoms. The molecule has 0 radical (unpaired) electrons. The van der Waals surface area contributed by atoms with E-state index >= 15 is 0 Å². The van der Waals surface area contributed by atoms with Crippen LogP contribution in [-0.2, 0) is 5.41 Å². The number of hydrogen-bond acceptors (Lipinski definition) is 1. The average molecular weight is 412 g/mol. The van der Waals surface area contributed by atoms with Crippen LogP contribution in [0.1, 0.15) is 25.0 Å². The quantitative estimate of drug-likeness (QED) is 0.313. The van der Waals surface area contributed by atoms with Crippen molar-refractivity contribution >= 4 is 22.1 Å². The summed E-state index contributed by atoms with van der Waals surface area (Å²) in [5.41, 5.74) is 10.3. The number of rotatable bonds is 3. The van der Waals surface area contributed by atoms with Crippen molar-refractivity contribution in [3.8, 4) is 22.3 Å². The molecule has 1 nitrogen and oxygen atoms in total. The number of benzene rings is 5. The third-order valence-corrected chi connectivity index (χ3v) is 6.86. The molecule has 1 aliphatic rings. The first-order valence-corrected chi connectivity index (χ1v) is 11.2. The second-order valence-corrected chi connectivity index (χ2v) is 9.16. The first kappa shape index (κ1) is 18.9. The van der Waals surface area contributed by atoms with E-state index in [4.69, 9.17) is 0 Å². The molecule has 1 aliphatic carbocycles. The van der Waals surface area contributed by atoms with Crippen molar-refractivity contribution in [2.45, 2.75) is 19.3 Å². The molecule has 0 unspecified atom stereocenters. The minimum atomic E-state index is 0.0462. The summed E-state index contributed by atoms with van der Waals surface area (Å²) in [5.74, 6) is 0. The van der Waals surface area contributed by atoms with E-state index in [0.717, 1.165) is 11.4 Å². The smallest absolute Gasteiger partial charge is 0.0390 e. The van der Waals surface area contributed by atoms with E-state index in [1.165, 1.54) is 44.2 Å². The Labute approximate surface area is 189 Å². The summed E-state index contributed by atoms with van der Waals surface area (Å²) in [4.78, 5) is 0. The summed E-state index contributed by atoms with van der Waals surface area (Å²) in [7, 11) is 0. The zero-order valence-electron chi connectivity index (χ0n) is 18.4. The molecular weight excluding hydrogens is 386 g/mol. The molecule has 0 saturated carbocycles. The Hall–Kier alpha value is -3.84. The highest BCUT2D eigenvalue weighted by Gasteiger charge is 2.34. The summed E-state index contributed by atoms with van der Waals surface area (Å²) in [6.45, 7) is 4.63. The zero-order chi connectivity index (χ0) is 21.7. The largest absolute Gasteiger partial charge is 0.356 e. The van der Waals surface area contributed by atoms with Crippen LogP contribution in [0.15, 0.2) is 109 Å². The van der Waals surface area contributed by atoms with E-state index in [1.54, 1.807) is 0 Å². The highest BCUT2D eigenvalue weighted by Crippen LogP contribution is 2.49. The van der Waals surface area contributed by atoms with Crippen molar-refractivity contribution in [1.82, 2.24) is 0 Å². The van der Waals surface area contributed by atoms with Crippen LogP contribution in [0, 0.1) is 0 Å². The van der Waals surface area contributed by atoms with Crippen LogP contribution in [0.5, 0.6) is 0 Å². The third kappa shape index (κ3) is 2.93. The van der Waals surface area contributed by atoms with Crippen LogP contribution in [0.3, 0.4) is 0 Å². The van der Waals surface area contributed by atoms with E-state index in [9.17, 15) is 0 Å². The molecule has 154 valence electrons. The standard InChI is InChI=1S/C31H25N/c1-31(2)29-13-6-5-11-27(29)28-20-24(18-19-30(28)31)32-23-16-14-22(15-17-23)26-12-7-9-21-8-3-4-10-25(21)26/h3-20,32H,1-2H3. The fraction of sp³-hybridized carbons (Fsp3) is 0.0968. The fourth-order valence-electron chi connectivity index (χ4n) is 5.17. The molecule has 0 heterocycles. The Bertz CT molecular complexity index is 1450. The van der Waals surface area contributed by atoms with Crippen molar-refractivity contribution in [3.63, 3.8) is 0 Å². The van der Waals surface area contributed by atoms with Gasteiger partial charge in [-0.05, 0) is 68.4 Å². The van der Waals surface area contributed by atoms with E-state index in [2.05, 4.69) is 128 Å². The Morgan fingerprint density at radius 2 is 1.19 bits per heavy atom. The summed E-state index contributed by atoms with van der Waals surface area (Å²) in [5, 5.41) is 6.17. The molecule has 0 bridgehead atoms. The first-order chi connectivity index (χ1) is 15.6. The fourth-order valence-corrected chi connectivity index (χ4v) is 5.17. The van der Waals surface area contributed by atoms with Gasteiger partial charge >= 0.3 is 0 Å². The van der Waals surface area contributed by atoms with Gasteiger partial charge in [-0.2, -0.15) is 0 Å². The minimum absolute atomic E-state index is 0.0462. The van der Waals surface area contributed by atoms with Gasteiger partial charge in [0.05, 0.1) is 0 Å². The minimum Gasteiger partial charge on any atom is -0.356 e. The second kappa shape index (κ2) is 7.10. The van der Waals surface area contributed by atoms with Gasteiger partial charge in [-0.3, -0.25) is 0 Å². The van der Waals surface area contributed by atoms with E-state index in [1.807, 2.05) is 0 Å². The second-order valence-electron chi connectivity index (χ2n) is 9.16. The van der Waals surface area contributed by atoms with Crippen LogP contribution >= 0.6 is 0 Å². The molecule has 6 rings (SSSR count). The van der Waals surface area contributed by atoms with Gasteiger partial charge in [0.1, 0.15) is 0 Å². The van der Waals surface area contributed by atoms with Crippen molar-refractivity contribution in [1.29, 1.82) is 0 Å². The van der Waals surface area contributed by atoms with Gasteiger partial charge in [0.25, 0.3) is 0 Å². The summed E-state index contributed by atoms with van der Waals surface area (Å²) in [6, 6.07) is 39.4. The Morgan fingerprint density at radius 1 is 0.531 bits per heavy atom. The zero-order valence-corrected chi connectivity index (χ0v) is 18.4. The molecule has 32 heavy (non-hydrogen) atoms. The molecule has 0 aliphatic heterocycles. The van der Waals surface area contributed by atoms with Crippen LogP contribution in [-0.4, -0.2) is 0 Å². The van der Waals surface area contributed by atoms with Gasteiger partial charge in [-0.25, -0.2) is 0 Å². The Morgan fingerprint density at radius 3 is 2.06 bits per heavy atom. The van der Waals surface area contributed by atoms with Crippen molar-refractivity contribution < 1.29 is 0 Å². The average Bonchev–Trinajstić information content (AvgIpc) is 3.06. The van der Waals surface area contributed by atoms with Gasteiger partial charge in [-0.1, -0.05) is 98.8 Å². The summed E-state index contributed by atoms with van der Waals surface area (Å²) >= 11 is 0. The normalized spacial score (nSPS) is 13.6. The lowest BCUT2D eigenvalue weighted by Crippen LogP contribution is -2.14. The molecule has 0 atom stereocenters. The van der Waals surface area contributed by atoms with Gasteiger partial charge in [0, 0.05) is 16.8 Å². The molecule has 0 saturated heterocycles. The van der Waals surface area contributed by atoms with Crippen LogP contribution in [0.25, 0.3) is 33.0 Å². The lowest BCUT2D eigenvalue weighted by molar-refractivity contribution is 0.660.